The maximum Gasteiger partial charge on any atom is 0.291 e. The summed E-state index contributed by atoms with van der Waals surface area (Å²) in [5.41, 5.74) is 1.65. The monoisotopic (exact) mass is 264 g/mol. The van der Waals surface area contributed by atoms with E-state index < -0.39 is 0 Å². The van der Waals surface area contributed by atoms with E-state index in [1.54, 1.807) is 18.2 Å². The van der Waals surface area contributed by atoms with Crippen LogP contribution in [0.15, 0.2) is 29.5 Å². The van der Waals surface area contributed by atoms with E-state index in [4.69, 9.17) is 16.3 Å². The number of ether oxygens (including phenoxy) is 1. The Kier molecular flexibility index (Phi) is 2.97. The number of halogens is 1. The van der Waals surface area contributed by atoms with Crippen LogP contribution in [-0.2, 0) is 4.79 Å². The number of rotatable bonds is 0. The number of carbonyl (C=O) groups is 1. The molecule has 1 amide bonds. The Bertz CT molecular complexity index is 532. The first-order valence-corrected chi connectivity index (χ1v) is 6.33. The van der Waals surface area contributed by atoms with Crippen LogP contribution in [0.1, 0.15) is 12.8 Å². The van der Waals surface area contributed by atoms with Crippen molar-refractivity contribution in [2.75, 3.05) is 18.4 Å². The molecule has 0 aliphatic carbocycles. The van der Waals surface area contributed by atoms with Crippen LogP contribution in [0.5, 0.6) is 5.75 Å². The minimum Gasteiger partial charge on any atom is -0.449 e. The first kappa shape index (κ1) is 11.6. The van der Waals surface area contributed by atoms with Gasteiger partial charge >= 0.3 is 0 Å². The molecule has 4 nitrogen and oxygen atoms in total. The van der Waals surface area contributed by atoms with E-state index in [0.29, 0.717) is 28.8 Å². The highest BCUT2D eigenvalue weighted by molar-refractivity contribution is 6.31. The quantitative estimate of drug-likeness (QED) is 0.707. The van der Waals surface area contributed by atoms with Crippen LogP contribution in [-0.4, -0.2) is 19.0 Å². The van der Waals surface area contributed by atoms with Crippen LogP contribution < -0.4 is 15.4 Å². The largest absolute Gasteiger partial charge is 0.449 e. The van der Waals surface area contributed by atoms with Gasteiger partial charge in [0.15, 0.2) is 11.5 Å². The zero-order valence-electron chi connectivity index (χ0n) is 9.75. The van der Waals surface area contributed by atoms with Gasteiger partial charge < -0.3 is 15.4 Å². The van der Waals surface area contributed by atoms with Crippen molar-refractivity contribution in [1.29, 1.82) is 0 Å². The van der Waals surface area contributed by atoms with E-state index in [0.717, 1.165) is 25.0 Å². The summed E-state index contributed by atoms with van der Waals surface area (Å²) in [7, 11) is 0. The smallest absolute Gasteiger partial charge is 0.291 e. The predicted octanol–water partition coefficient (Wildman–Crippen LogP) is 2.31. The Labute approximate surface area is 110 Å². The number of piperidine rings is 1. The summed E-state index contributed by atoms with van der Waals surface area (Å²) in [6, 6.07) is 5.21. The van der Waals surface area contributed by atoms with Crippen LogP contribution in [0.2, 0.25) is 5.02 Å². The molecule has 0 aromatic heterocycles. The van der Waals surface area contributed by atoms with E-state index in [2.05, 4.69) is 10.6 Å². The van der Waals surface area contributed by atoms with Crippen LogP contribution in [0, 0.1) is 0 Å². The summed E-state index contributed by atoms with van der Waals surface area (Å²) in [6.07, 6.45) is 1.93. The third-order valence-corrected chi connectivity index (χ3v) is 3.33. The third-order valence-electron chi connectivity index (χ3n) is 3.10. The average molecular weight is 265 g/mol. The van der Waals surface area contributed by atoms with Crippen LogP contribution in [0.25, 0.3) is 0 Å². The van der Waals surface area contributed by atoms with Gasteiger partial charge in [0.1, 0.15) is 0 Å². The minimum absolute atomic E-state index is 0.191. The van der Waals surface area contributed by atoms with Gasteiger partial charge in [-0.05, 0) is 43.2 Å². The second-order valence-electron chi connectivity index (χ2n) is 4.41. The summed E-state index contributed by atoms with van der Waals surface area (Å²) >= 11 is 5.88. The fraction of sp³-hybridized carbons (Fsp3) is 0.308. The lowest BCUT2D eigenvalue weighted by Gasteiger charge is -2.24. The topological polar surface area (TPSA) is 50.4 Å². The summed E-state index contributed by atoms with van der Waals surface area (Å²) in [4.78, 5) is 12.0. The fourth-order valence-electron chi connectivity index (χ4n) is 2.21. The standard InChI is InChI=1S/C13H13ClN2O2/c14-9-3-4-11-10(6-9)16-13(17)12(18-11)8-2-1-5-15-7-8/h3-4,6,15H,1-2,5,7H2,(H,16,17)/b12-8+. The molecule has 0 saturated carbocycles. The van der Waals surface area contributed by atoms with Crippen molar-refractivity contribution >= 4 is 23.2 Å². The molecular weight excluding hydrogens is 252 g/mol. The normalized spacial score (nSPS) is 23.1. The van der Waals surface area contributed by atoms with Crippen molar-refractivity contribution in [2.24, 2.45) is 0 Å². The Balaban J connectivity index is 1.96. The number of anilines is 1. The SMILES string of the molecule is O=C1Nc2cc(Cl)ccc2O/C1=C1\CCCNC1. The average Bonchev–Trinajstić information content (AvgIpc) is 2.39. The first-order chi connectivity index (χ1) is 8.74. The molecule has 0 radical (unpaired) electrons. The lowest BCUT2D eigenvalue weighted by Crippen LogP contribution is -2.31. The minimum atomic E-state index is -0.191. The van der Waals surface area contributed by atoms with Crippen molar-refractivity contribution in [3.8, 4) is 5.75 Å². The zero-order chi connectivity index (χ0) is 12.5. The van der Waals surface area contributed by atoms with Crippen LogP contribution in [0.3, 0.4) is 0 Å². The molecular formula is C13H13ClN2O2. The lowest BCUT2D eigenvalue weighted by molar-refractivity contribution is -0.115. The number of amides is 1. The highest BCUT2D eigenvalue weighted by atomic mass is 35.5. The molecule has 2 heterocycles. The molecule has 1 fully saturated rings. The zero-order valence-corrected chi connectivity index (χ0v) is 10.5. The van der Waals surface area contributed by atoms with Crippen molar-refractivity contribution in [1.82, 2.24) is 5.32 Å². The Morgan fingerprint density at radius 3 is 3.00 bits per heavy atom. The number of nitrogens with one attached hydrogen (secondary N) is 2. The van der Waals surface area contributed by atoms with Gasteiger partial charge in [-0.3, -0.25) is 4.79 Å². The second kappa shape index (κ2) is 4.63. The highest BCUT2D eigenvalue weighted by Gasteiger charge is 2.26. The van der Waals surface area contributed by atoms with Crippen molar-refractivity contribution in [3.63, 3.8) is 0 Å². The molecule has 18 heavy (non-hydrogen) atoms. The first-order valence-electron chi connectivity index (χ1n) is 5.95. The maximum atomic E-state index is 12.0. The van der Waals surface area contributed by atoms with Gasteiger partial charge in [-0.2, -0.15) is 0 Å². The van der Waals surface area contributed by atoms with Crippen molar-refractivity contribution < 1.29 is 9.53 Å². The summed E-state index contributed by atoms with van der Waals surface area (Å²) in [6.45, 7) is 1.70. The van der Waals surface area contributed by atoms with E-state index >= 15 is 0 Å². The number of fused-ring (bicyclic) bond motifs is 1. The summed E-state index contributed by atoms with van der Waals surface area (Å²) in [5.74, 6) is 0.882. The predicted molar refractivity (Wildman–Crippen MR) is 69.8 cm³/mol. The number of hydrogen-bond donors (Lipinski definition) is 2. The Morgan fingerprint density at radius 1 is 1.33 bits per heavy atom. The summed E-state index contributed by atoms with van der Waals surface area (Å²) in [5, 5.41) is 6.64. The molecule has 1 aromatic carbocycles. The molecule has 0 atom stereocenters. The molecule has 2 aliphatic heterocycles. The molecule has 2 N–H and O–H groups in total. The number of hydrogen-bond acceptors (Lipinski definition) is 3. The van der Waals surface area contributed by atoms with Gasteiger partial charge in [0, 0.05) is 11.6 Å². The van der Waals surface area contributed by atoms with Crippen LogP contribution in [0.4, 0.5) is 5.69 Å². The fourth-order valence-corrected chi connectivity index (χ4v) is 2.38. The molecule has 2 aliphatic rings. The maximum absolute atomic E-state index is 12.0. The molecule has 1 saturated heterocycles. The van der Waals surface area contributed by atoms with E-state index in [-0.39, 0.29) is 5.91 Å². The van der Waals surface area contributed by atoms with E-state index in [9.17, 15) is 4.79 Å². The molecule has 0 bridgehead atoms. The van der Waals surface area contributed by atoms with Gasteiger partial charge in [-0.1, -0.05) is 11.6 Å². The number of carbonyl (C=O) groups excluding carboxylic acids is 1. The Hall–Kier alpha value is -1.52. The van der Waals surface area contributed by atoms with Gasteiger partial charge in [0.2, 0.25) is 0 Å². The molecule has 0 spiro atoms. The van der Waals surface area contributed by atoms with Crippen molar-refractivity contribution in [3.05, 3.63) is 34.6 Å². The van der Waals surface area contributed by atoms with Gasteiger partial charge in [0.05, 0.1) is 5.69 Å². The number of benzene rings is 1. The molecule has 1 aromatic rings. The summed E-state index contributed by atoms with van der Waals surface area (Å²) < 4.78 is 5.71. The van der Waals surface area contributed by atoms with Gasteiger partial charge in [0.25, 0.3) is 5.91 Å². The van der Waals surface area contributed by atoms with Gasteiger partial charge in [-0.15, -0.1) is 0 Å². The van der Waals surface area contributed by atoms with E-state index in [1.165, 1.54) is 0 Å². The van der Waals surface area contributed by atoms with Crippen LogP contribution >= 0.6 is 11.6 Å². The molecule has 3 rings (SSSR count). The molecule has 94 valence electrons. The van der Waals surface area contributed by atoms with E-state index in [1.807, 2.05) is 0 Å². The molecule has 0 unspecified atom stereocenters. The van der Waals surface area contributed by atoms with Gasteiger partial charge in [-0.25, -0.2) is 0 Å². The lowest BCUT2D eigenvalue weighted by atomic mass is 10.0. The van der Waals surface area contributed by atoms with Crippen molar-refractivity contribution in [2.45, 2.75) is 12.8 Å². The molecule has 5 heteroatoms. The third kappa shape index (κ3) is 2.09. The Morgan fingerprint density at radius 2 is 2.22 bits per heavy atom. The second-order valence-corrected chi connectivity index (χ2v) is 4.85. The highest BCUT2D eigenvalue weighted by Crippen LogP contribution is 2.34.